The van der Waals surface area contributed by atoms with Gasteiger partial charge in [0.2, 0.25) is 11.8 Å². The molecular formula is C28H25ClFIN6O2S. The minimum atomic E-state index is -1.07. The van der Waals surface area contributed by atoms with Gasteiger partial charge in [-0.1, -0.05) is 17.7 Å². The predicted octanol–water partition coefficient (Wildman–Crippen LogP) is 4.84. The van der Waals surface area contributed by atoms with Crippen LogP contribution < -0.4 is 5.32 Å². The molecule has 2 aliphatic carbocycles. The Morgan fingerprint density at radius 2 is 2.00 bits per heavy atom. The van der Waals surface area contributed by atoms with Gasteiger partial charge in [-0.05, 0) is 78.5 Å². The molecule has 3 fully saturated rings. The van der Waals surface area contributed by atoms with Gasteiger partial charge in [-0.25, -0.2) is 4.39 Å². The number of pyridine rings is 1. The van der Waals surface area contributed by atoms with E-state index in [9.17, 15) is 19.2 Å². The number of hydrogen-bond donors (Lipinski definition) is 1. The second kappa shape index (κ2) is 10.3. The van der Waals surface area contributed by atoms with Gasteiger partial charge < -0.3 is 10.2 Å². The van der Waals surface area contributed by atoms with Crippen molar-refractivity contribution in [3.63, 3.8) is 0 Å². The quantitative estimate of drug-likeness (QED) is 0.356. The van der Waals surface area contributed by atoms with E-state index < -0.39 is 22.8 Å². The van der Waals surface area contributed by atoms with E-state index in [0.29, 0.717) is 47.2 Å². The van der Waals surface area contributed by atoms with Crippen LogP contribution in [0.2, 0.25) is 5.02 Å². The average Bonchev–Trinajstić information content (AvgIpc) is 3.80. The van der Waals surface area contributed by atoms with E-state index >= 15 is 0 Å². The maximum atomic E-state index is 15.0. The third kappa shape index (κ3) is 5.10. The number of carbonyl (C=O) groups is 2. The first-order chi connectivity index (χ1) is 19.1. The third-order valence-corrected chi connectivity index (χ3v) is 10.1. The second-order valence-electron chi connectivity index (χ2n) is 10.7. The van der Waals surface area contributed by atoms with Crippen molar-refractivity contribution in [2.75, 3.05) is 6.54 Å². The van der Waals surface area contributed by atoms with Crippen molar-refractivity contribution in [3.8, 4) is 17.2 Å². The van der Waals surface area contributed by atoms with Crippen LogP contribution in [-0.2, 0) is 22.1 Å². The van der Waals surface area contributed by atoms with Crippen LogP contribution >= 0.6 is 46.0 Å². The molecule has 2 atom stereocenters. The van der Waals surface area contributed by atoms with Gasteiger partial charge in [0, 0.05) is 45.3 Å². The number of aromatic nitrogens is 3. The highest BCUT2D eigenvalue weighted by molar-refractivity contribution is 14.1. The topological polar surface area (TPSA) is 104 Å². The summed E-state index contributed by atoms with van der Waals surface area (Å²) in [5.41, 5.74) is 0.105. The van der Waals surface area contributed by atoms with E-state index in [1.54, 1.807) is 22.0 Å². The molecule has 2 saturated carbocycles. The number of amides is 2. The fourth-order valence-electron chi connectivity index (χ4n) is 5.31. The first-order valence-corrected chi connectivity index (χ1v) is 15.3. The summed E-state index contributed by atoms with van der Waals surface area (Å²) in [5, 5.41) is 17.1. The van der Waals surface area contributed by atoms with Crippen molar-refractivity contribution in [1.82, 2.24) is 25.0 Å². The highest BCUT2D eigenvalue weighted by Crippen LogP contribution is 2.51. The summed E-state index contributed by atoms with van der Waals surface area (Å²) in [7, 11) is 1.85. The lowest BCUT2D eigenvalue weighted by atomic mass is 9.98. The number of carbonyl (C=O) groups excluding carboxylic acids is 2. The number of nitrogens with one attached hydrogen (secondary N) is 1. The van der Waals surface area contributed by atoms with Gasteiger partial charge >= 0.3 is 0 Å². The van der Waals surface area contributed by atoms with Crippen molar-refractivity contribution in [3.05, 3.63) is 63.0 Å². The van der Waals surface area contributed by atoms with Gasteiger partial charge in [-0.2, -0.15) is 10.4 Å². The molecule has 0 unspecified atom stereocenters. The summed E-state index contributed by atoms with van der Waals surface area (Å²) in [6.45, 7) is 0.301. The Bertz CT molecular complexity index is 1570. The van der Waals surface area contributed by atoms with Crippen LogP contribution in [-0.4, -0.2) is 54.9 Å². The number of aryl methyl sites for hydroxylation is 1. The van der Waals surface area contributed by atoms with Crippen molar-refractivity contribution in [2.24, 2.45) is 7.05 Å². The highest BCUT2D eigenvalue weighted by Gasteiger charge is 2.59. The van der Waals surface area contributed by atoms with Crippen molar-refractivity contribution in [2.45, 2.75) is 59.2 Å². The number of rotatable bonds is 7. The molecule has 0 radical (unpaired) electrons. The number of nitriles is 1. The summed E-state index contributed by atoms with van der Waals surface area (Å²) in [6, 6.07) is 8.60. The fraction of sp³-hybridized carbons (Fsp3) is 0.393. The number of hydrogen-bond acceptors (Lipinski definition) is 6. The molecule has 3 aromatic rings. The number of nitrogens with zero attached hydrogens (tertiary/aromatic N) is 5. The molecule has 206 valence electrons. The van der Waals surface area contributed by atoms with E-state index in [0.717, 1.165) is 16.0 Å². The minimum Gasteiger partial charge on any atom is -0.336 e. The van der Waals surface area contributed by atoms with Crippen LogP contribution in [0.4, 0.5) is 4.39 Å². The Kier molecular flexibility index (Phi) is 7.07. The smallest absolute Gasteiger partial charge is 0.244 e. The molecule has 0 bridgehead atoms. The lowest BCUT2D eigenvalue weighted by Crippen LogP contribution is -2.51. The molecule has 6 rings (SSSR count). The molecule has 2 aromatic heterocycles. The van der Waals surface area contributed by atoms with Crippen LogP contribution in [0.25, 0.3) is 11.1 Å². The van der Waals surface area contributed by atoms with E-state index in [1.165, 1.54) is 17.8 Å². The number of likely N-dealkylation sites (tertiary alicyclic amines) is 1. The monoisotopic (exact) mass is 690 g/mol. The lowest BCUT2D eigenvalue weighted by Gasteiger charge is -2.28. The molecule has 0 spiro atoms. The van der Waals surface area contributed by atoms with E-state index in [1.807, 2.05) is 54.0 Å². The zero-order valence-electron chi connectivity index (χ0n) is 21.5. The molecule has 2 amide bonds. The van der Waals surface area contributed by atoms with E-state index in [2.05, 4.69) is 21.5 Å². The highest BCUT2D eigenvalue weighted by atomic mass is 127. The largest absolute Gasteiger partial charge is 0.336 e. The van der Waals surface area contributed by atoms with Gasteiger partial charge in [-0.15, -0.1) is 11.8 Å². The summed E-state index contributed by atoms with van der Waals surface area (Å²) < 4.78 is 17.3. The van der Waals surface area contributed by atoms with Crippen molar-refractivity contribution >= 4 is 57.8 Å². The predicted molar refractivity (Wildman–Crippen MR) is 157 cm³/mol. The van der Waals surface area contributed by atoms with Crippen LogP contribution in [0.15, 0.2) is 47.8 Å². The SMILES string of the molecule is Cn1cc(-c2ccc(S[C@@H]3C[C@@H](C(=O)NC4(C#N)CC4)N(C(=O)C4(c5ncc(I)cc5F)CC4)C3)c(Cl)c2)cn1. The molecule has 1 N–H and O–H groups in total. The number of benzene rings is 1. The van der Waals surface area contributed by atoms with E-state index in [4.69, 9.17) is 11.6 Å². The second-order valence-corrected chi connectivity index (χ2v) is 13.7. The molecule has 40 heavy (non-hydrogen) atoms. The maximum Gasteiger partial charge on any atom is 0.244 e. The first-order valence-electron chi connectivity index (χ1n) is 12.9. The molecule has 1 saturated heterocycles. The average molecular weight is 691 g/mol. The Hall–Kier alpha value is -2.69. The molecule has 1 aliphatic heterocycles. The summed E-state index contributed by atoms with van der Waals surface area (Å²) in [6.07, 6.45) is 7.77. The molecule has 8 nitrogen and oxygen atoms in total. The molecule has 3 aliphatic rings. The summed E-state index contributed by atoms with van der Waals surface area (Å²) >= 11 is 10.2. The van der Waals surface area contributed by atoms with Gasteiger partial charge in [-0.3, -0.25) is 19.3 Å². The number of thioether (sulfide) groups is 1. The van der Waals surface area contributed by atoms with E-state index in [-0.39, 0.29) is 22.8 Å². The van der Waals surface area contributed by atoms with Gasteiger partial charge in [0.05, 0.1) is 28.4 Å². The molecule has 1 aromatic carbocycles. The molecular weight excluding hydrogens is 666 g/mol. The first kappa shape index (κ1) is 27.5. The molecule has 12 heteroatoms. The van der Waals surface area contributed by atoms with Crippen LogP contribution in [0.3, 0.4) is 0 Å². The third-order valence-electron chi connectivity index (χ3n) is 7.84. The Labute approximate surface area is 253 Å². The summed E-state index contributed by atoms with van der Waals surface area (Å²) in [5.74, 6) is -1.14. The normalized spacial score (nSPS) is 22.0. The zero-order valence-corrected chi connectivity index (χ0v) is 25.3. The standard InChI is InChI=1S/C28H25ClFIN6O2S/c1-36-13-17(11-34-36)16-2-3-23(20(29)8-16)40-19-10-22(25(38)35-27(15-32)4-5-27)37(14-19)26(39)28(6-7-28)24-21(30)9-18(31)12-33-24/h2-3,8-9,11-13,19,22H,4-7,10,14H2,1H3,(H,35,38)/t19-,22+/m1/s1. The van der Waals surface area contributed by atoms with Gasteiger partial charge in [0.1, 0.15) is 17.4 Å². The Morgan fingerprint density at radius 1 is 1.23 bits per heavy atom. The van der Waals surface area contributed by atoms with Crippen LogP contribution in [0.1, 0.15) is 37.8 Å². The van der Waals surface area contributed by atoms with Crippen molar-refractivity contribution in [1.29, 1.82) is 5.26 Å². The van der Waals surface area contributed by atoms with Crippen LogP contribution in [0.5, 0.6) is 0 Å². The minimum absolute atomic E-state index is 0.121. The Balaban J connectivity index is 1.25. The lowest BCUT2D eigenvalue weighted by molar-refractivity contribution is -0.140. The number of halogens is 3. The summed E-state index contributed by atoms with van der Waals surface area (Å²) in [4.78, 5) is 34.2. The molecule has 3 heterocycles. The zero-order chi connectivity index (χ0) is 28.2. The van der Waals surface area contributed by atoms with Gasteiger partial charge in [0.15, 0.2) is 0 Å². The Morgan fingerprint density at radius 3 is 2.60 bits per heavy atom. The maximum absolute atomic E-state index is 15.0. The van der Waals surface area contributed by atoms with Crippen molar-refractivity contribution < 1.29 is 14.0 Å². The van der Waals surface area contributed by atoms with Crippen LogP contribution in [0, 0.1) is 20.7 Å². The fourth-order valence-corrected chi connectivity index (χ4v) is 7.23. The van der Waals surface area contributed by atoms with Gasteiger partial charge in [0.25, 0.3) is 0 Å².